The minimum Gasteiger partial charge on any atom is -0.375 e. The van der Waals surface area contributed by atoms with Gasteiger partial charge in [-0.3, -0.25) is 14.4 Å². The number of halogens is 1. The van der Waals surface area contributed by atoms with Crippen LogP contribution in [0, 0.1) is 12.7 Å². The molecule has 0 aliphatic carbocycles. The number of aromatic nitrogens is 1. The topological polar surface area (TPSA) is 116 Å². The van der Waals surface area contributed by atoms with Crippen LogP contribution in [0.25, 0.3) is 11.6 Å². The van der Waals surface area contributed by atoms with E-state index in [-0.39, 0.29) is 29.7 Å². The molecule has 1 aromatic heterocycles. The smallest absolute Gasteiger partial charge is 0.256 e. The number of methoxy groups -OCH3 is 1. The number of benzene rings is 1. The second-order valence-electron chi connectivity index (χ2n) is 8.64. The van der Waals surface area contributed by atoms with Crippen molar-refractivity contribution >= 4 is 40.7 Å². The molecule has 9 nitrogen and oxygen atoms in total. The van der Waals surface area contributed by atoms with E-state index in [1.165, 1.54) is 19.2 Å². The molecular formula is C25H30FN5O4. The molecule has 4 N–H and O–H groups in total. The third kappa shape index (κ3) is 4.98. The molecule has 0 spiro atoms. The van der Waals surface area contributed by atoms with Gasteiger partial charge in [0.15, 0.2) is 0 Å². The fourth-order valence-corrected chi connectivity index (χ4v) is 4.52. The van der Waals surface area contributed by atoms with Crippen molar-refractivity contribution in [1.29, 1.82) is 0 Å². The van der Waals surface area contributed by atoms with Crippen LogP contribution in [-0.4, -0.2) is 67.5 Å². The molecule has 0 fully saturated rings. The predicted molar refractivity (Wildman–Crippen MR) is 132 cm³/mol. The molecule has 0 unspecified atom stereocenters. The number of hydrogen-bond acceptors (Lipinski definition) is 5. The molecule has 3 heterocycles. The molecule has 0 bridgehead atoms. The van der Waals surface area contributed by atoms with Gasteiger partial charge in [-0.05, 0) is 50.1 Å². The van der Waals surface area contributed by atoms with Gasteiger partial charge in [-0.2, -0.15) is 0 Å². The minimum atomic E-state index is -0.666. The normalized spacial score (nSPS) is 16.2. The van der Waals surface area contributed by atoms with Crippen molar-refractivity contribution in [2.24, 2.45) is 0 Å². The number of ether oxygens (including phenoxy) is 1. The molecule has 0 radical (unpaired) electrons. The quantitative estimate of drug-likeness (QED) is 0.340. The second kappa shape index (κ2) is 10.4. The van der Waals surface area contributed by atoms with E-state index in [1.54, 1.807) is 6.08 Å². The first-order chi connectivity index (χ1) is 16.8. The van der Waals surface area contributed by atoms with E-state index in [0.717, 1.165) is 37.2 Å². The molecule has 186 valence electrons. The summed E-state index contributed by atoms with van der Waals surface area (Å²) in [4.78, 5) is 43.0. The lowest BCUT2D eigenvalue weighted by Crippen LogP contribution is -2.37. The second-order valence-corrected chi connectivity index (χ2v) is 8.64. The molecule has 10 heteroatoms. The minimum absolute atomic E-state index is 0.0208. The fourth-order valence-electron chi connectivity index (χ4n) is 4.52. The fraction of sp³-hybridized carbons (Fsp3) is 0.400. The summed E-state index contributed by atoms with van der Waals surface area (Å²) >= 11 is 0. The van der Waals surface area contributed by atoms with Crippen LogP contribution in [0.3, 0.4) is 0 Å². The van der Waals surface area contributed by atoms with Crippen LogP contribution in [0.2, 0.25) is 0 Å². The van der Waals surface area contributed by atoms with Crippen LogP contribution >= 0.6 is 0 Å². The number of carbonyl (C=O) groups excluding carboxylic acids is 3. The highest BCUT2D eigenvalue weighted by Crippen LogP contribution is 2.37. The van der Waals surface area contributed by atoms with Crippen molar-refractivity contribution in [3.05, 3.63) is 46.0 Å². The van der Waals surface area contributed by atoms with Gasteiger partial charge in [0.25, 0.3) is 11.8 Å². The number of likely N-dealkylation sites (N-methyl/N-ethyl adjacent to an activating group) is 1. The SMILES string of the molecule is CCNCCN1CCCc2[nH]c(/C=C3\C(=O)Nc4cc(NC(=O)COC)c(F)cc43)c(C)c2C1=O. The lowest BCUT2D eigenvalue weighted by atomic mass is 10.0. The zero-order valence-corrected chi connectivity index (χ0v) is 20.1. The number of fused-ring (bicyclic) bond motifs is 2. The molecule has 0 atom stereocenters. The van der Waals surface area contributed by atoms with Crippen LogP contribution in [0.4, 0.5) is 15.8 Å². The Morgan fingerprint density at radius 3 is 2.86 bits per heavy atom. The van der Waals surface area contributed by atoms with Gasteiger partial charge in [0.05, 0.1) is 22.5 Å². The third-order valence-corrected chi connectivity index (χ3v) is 6.26. The molecule has 3 amide bonds. The predicted octanol–water partition coefficient (Wildman–Crippen LogP) is 2.54. The first-order valence-electron chi connectivity index (χ1n) is 11.7. The Hall–Kier alpha value is -3.50. The van der Waals surface area contributed by atoms with Crippen LogP contribution in [0.1, 0.15) is 46.2 Å². The Labute approximate surface area is 203 Å². The van der Waals surface area contributed by atoms with E-state index in [9.17, 15) is 18.8 Å². The van der Waals surface area contributed by atoms with Crippen molar-refractivity contribution in [2.75, 3.05) is 50.5 Å². The van der Waals surface area contributed by atoms with E-state index < -0.39 is 11.7 Å². The van der Waals surface area contributed by atoms with E-state index in [2.05, 4.69) is 20.9 Å². The van der Waals surface area contributed by atoms with Crippen LogP contribution in [0.5, 0.6) is 0 Å². The highest BCUT2D eigenvalue weighted by Gasteiger charge is 2.30. The molecule has 2 aromatic rings. The first-order valence-corrected chi connectivity index (χ1v) is 11.7. The van der Waals surface area contributed by atoms with Gasteiger partial charge < -0.3 is 30.6 Å². The third-order valence-electron chi connectivity index (χ3n) is 6.26. The first kappa shape index (κ1) is 24.6. The number of H-pyrrole nitrogens is 1. The number of anilines is 2. The highest BCUT2D eigenvalue weighted by atomic mass is 19.1. The number of hydrogen-bond donors (Lipinski definition) is 4. The molecule has 1 aromatic carbocycles. The van der Waals surface area contributed by atoms with Gasteiger partial charge in [0.2, 0.25) is 5.91 Å². The van der Waals surface area contributed by atoms with Gasteiger partial charge in [-0.25, -0.2) is 4.39 Å². The van der Waals surface area contributed by atoms with Crippen LogP contribution < -0.4 is 16.0 Å². The maximum Gasteiger partial charge on any atom is 0.256 e. The summed E-state index contributed by atoms with van der Waals surface area (Å²) < 4.78 is 19.5. The number of nitrogens with zero attached hydrogens (tertiary/aromatic N) is 1. The summed E-state index contributed by atoms with van der Waals surface area (Å²) in [5.41, 5.74) is 3.93. The van der Waals surface area contributed by atoms with Gasteiger partial charge in [0, 0.05) is 43.7 Å². The molecule has 2 aliphatic heterocycles. The molecule has 0 saturated heterocycles. The largest absolute Gasteiger partial charge is 0.375 e. The number of amides is 3. The van der Waals surface area contributed by atoms with Crippen molar-refractivity contribution in [3.63, 3.8) is 0 Å². The number of aryl methyl sites for hydroxylation is 1. The molecule has 4 rings (SSSR count). The molecule has 2 aliphatic rings. The van der Waals surface area contributed by atoms with Crippen LogP contribution in [0.15, 0.2) is 12.1 Å². The monoisotopic (exact) mass is 483 g/mol. The van der Waals surface area contributed by atoms with Crippen molar-refractivity contribution in [1.82, 2.24) is 15.2 Å². The average Bonchev–Trinajstić information content (AvgIpc) is 3.22. The number of rotatable bonds is 8. The summed E-state index contributed by atoms with van der Waals surface area (Å²) in [6.45, 7) is 6.58. The maximum absolute atomic E-state index is 14.7. The highest BCUT2D eigenvalue weighted by molar-refractivity contribution is 6.35. The summed E-state index contributed by atoms with van der Waals surface area (Å²) in [7, 11) is 1.37. The van der Waals surface area contributed by atoms with E-state index in [1.807, 2.05) is 18.7 Å². The Balaban J connectivity index is 1.64. The van der Waals surface area contributed by atoms with E-state index in [0.29, 0.717) is 35.6 Å². The van der Waals surface area contributed by atoms with E-state index >= 15 is 0 Å². The number of carbonyl (C=O) groups is 3. The Morgan fingerprint density at radius 1 is 1.31 bits per heavy atom. The standard InChI is InChI=1S/C25H30FN5O4/c1-4-27-7-9-31-8-5-6-18-23(25(31)34)14(2)19(28-18)11-16-15-10-17(26)21(29-22(32)13-35-3)12-20(15)30-24(16)33/h10-12,27-28H,4-9,13H2,1-3H3,(H,29,32)(H,30,33)/b16-11-. The van der Waals surface area contributed by atoms with E-state index in [4.69, 9.17) is 4.74 Å². The molecule has 0 saturated carbocycles. The average molecular weight is 484 g/mol. The van der Waals surface area contributed by atoms with Crippen LogP contribution in [-0.2, 0) is 20.7 Å². The zero-order chi connectivity index (χ0) is 25.1. The van der Waals surface area contributed by atoms with Gasteiger partial charge >= 0.3 is 0 Å². The summed E-state index contributed by atoms with van der Waals surface area (Å²) in [6, 6.07) is 2.61. The molecular weight excluding hydrogens is 453 g/mol. The lowest BCUT2D eigenvalue weighted by Gasteiger charge is -2.21. The van der Waals surface area contributed by atoms with Gasteiger partial charge in [-0.15, -0.1) is 0 Å². The Morgan fingerprint density at radius 2 is 2.11 bits per heavy atom. The van der Waals surface area contributed by atoms with Gasteiger partial charge in [0.1, 0.15) is 12.4 Å². The lowest BCUT2D eigenvalue weighted by molar-refractivity contribution is -0.119. The van der Waals surface area contributed by atoms with Crippen molar-refractivity contribution < 1.29 is 23.5 Å². The van der Waals surface area contributed by atoms with Crippen molar-refractivity contribution in [3.8, 4) is 0 Å². The zero-order valence-electron chi connectivity index (χ0n) is 20.1. The maximum atomic E-state index is 14.7. The van der Waals surface area contributed by atoms with Crippen molar-refractivity contribution in [2.45, 2.75) is 26.7 Å². The summed E-state index contributed by atoms with van der Waals surface area (Å²) in [5, 5.41) is 8.41. The summed E-state index contributed by atoms with van der Waals surface area (Å²) in [6.07, 6.45) is 3.22. The number of aromatic amines is 1. The van der Waals surface area contributed by atoms with Gasteiger partial charge in [-0.1, -0.05) is 6.92 Å². The Kier molecular flexibility index (Phi) is 7.32. The Bertz CT molecular complexity index is 1200. The summed E-state index contributed by atoms with van der Waals surface area (Å²) in [5.74, 6) is -1.57. The molecule has 35 heavy (non-hydrogen) atoms. The number of nitrogens with one attached hydrogen (secondary N) is 4.